The Morgan fingerprint density at radius 3 is 2.36 bits per heavy atom. The summed E-state index contributed by atoms with van der Waals surface area (Å²) in [6.45, 7) is 4.31. The van der Waals surface area contributed by atoms with Gasteiger partial charge in [-0.15, -0.1) is 11.3 Å². The Bertz CT molecular complexity index is 1540. The van der Waals surface area contributed by atoms with Gasteiger partial charge in [0.2, 0.25) is 0 Å². The summed E-state index contributed by atoms with van der Waals surface area (Å²) in [5.74, 6) is 0.825. The van der Waals surface area contributed by atoms with Crippen LogP contribution in [0.2, 0.25) is 5.15 Å². The maximum Gasteiger partial charge on any atom is 0.259 e. The Kier molecular flexibility index (Phi) is 5.91. The van der Waals surface area contributed by atoms with Crippen LogP contribution in [0.15, 0.2) is 72.4 Å². The number of carbonyl (C=O) groups excluding carboxylic acids is 1. The first-order valence-corrected chi connectivity index (χ1v) is 13.0. The second-order valence-electron chi connectivity index (χ2n) is 8.67. The highest BCUT2D eigenvalue weighted by atomic mass is 35.5. The minimum atomic E-state index is -0.0901. The topological polar surface area (TPSA) is 67.2 Å². The smallest absolute Gasteiger partial charge is 0.259 e. The Balaban J connectivity index is 1.25. The van der Waals surface area contributed by atoms with Crippen LogP contribution in [0.25, 0.3) is 27.0 Å². The predicted octanol–water partition coefficient (Wildman–Crippen LogP) is 5.47. The van der Waals surface area contributed by atoms with E-state index in [0.717, 1.165) is 32.8 Å². The van der Waals surface area contributed by atoms with Crippen LogP contribution in [0, 0.1) is 6.92 Å². The number of amides is 1. The van der Waals surface area contributed by atoms with E-state index in [-0.39, 0.29) is 5.91 Å². The fourth-order valence-corrected chi connectivity index (χ4v) is 5.95. The second kappa shape index (κ2) is 9.37. The van der Waals surface area contributed by atoms with Gasteiger partial charge in [-0.3, -0.25) is 4.79 Å². The van der Waals surface area contributed by atoms with Crippen LogP contribution < -0.4 is 4.90 Å². The Hall–Kier alpha value is -3.75. The summed E-state index contributed by atoms with van der Waals surface area (Å²) in [6.07, 6.45) is 1.63. The Labute approximate surface area is 217 Å². The van der Waals surface area contributed by atoms with E-state index >= 15 is 0 Å². The predicted molar refractivity (Wildman–Crippen MR) is 144 cm³/mol. The molecule has 0 radical (unpaired) electrons. The normalized spacial score (nSPS) is 13.9. The maximum atomic E-state index is 13.5. The molecule has 4 heterocycles. The van der Waals surface area contributed by atoms with E-state index in [9.17, 15) is 4.79 Å². The summed E-state index contributed by atoms with van der Waals surface area (Å²) in [5, 5.41) is 8.09. The highest BCUT2D eigenvalue weighted by molar-refractivity contribution is 7.17. The first-order chi connectivity index (χ1) is 17.6. The number of para-hydroxylation sites is 1. The molecular weight excluding hydrogens is 492 g/mol. The van der Waals surface area contributed by atoms with Gasteiger partial charge in [0, 0.05) is 37.1 Å². The molecule has 1 saturated heterocycles. The molecule has 1 aliphatic rings. The molecule has 0 bridgehead atoms. The number of hydrogen-bond donors (Lipinski definition) is 0. The van der Waals surface area contributed by atoms with Crippen LogP contribution >= 0.6 is 22.9 Å². The van der Waals surface area contributed by atoms with E-state index in [0.29, 0.717) is 42.6 Å². The van der Waals surface area contributed by atoms with Crippen molar-refractivity contribution < 1.29 is 4.79 Å². The van der Waals surface area contributed by atoms with Crippen molar-refractivity contribution in [2.75, 3.05) is 31.1 Å². The van der Waals surface area contributed by atoms with Crippen molar-refractivity contribution >= 4 is 44.9 Å². The van der Waals surface area contributed by atoms with Gasteiger partial charge in [-0.05, 0) is 24.6 Å². The van der Waals surface area contributed by atoms with Gasteiger partial charge in [-0.1, -0.05) is 60.1 Å². The Morgan fingerprint density at radius 1 is 0.944 bits per heavy atom. The number of hydrogen-bond acceptors (Lipinski definition) is 6. The molecule has 9 heteroatoms. The number of piperazine rings is 1. The molecule has 6 rings (SSSR count). The number of rotatable bonds is 4. The number of fused-ring (bicyclic) bond motifs is 1. The van der Waals surface area contributed by atoms with E-state index in [2.05, 4.69) is 37.5 Å². The fourth-order valence-electron chi connectivity index (χ4n) is 4.69. The number of aryl methyl sites for hydroxylation is 1. The van der Waals surface area contributed by atoms with Crippen molar-refractivity contribution in [3.63, 3.8) is 0 Å². The minimum Gasteiger partial charge on any atom is -0.352 e. The number of anilines is 1. The quantitative estimate of drug-likeness (QED) is 0.318. The van der Waals surface area contributed by atoms with Gasteiger partial charge in [0.15, 0.2) is 0 Å². The van der Waals surface area contributed by atoms with Gasteiger partial charge in [0.05, 0.1) is 22.3 Å². The van der Waals surface area contributed by atoms with Crippen molar-refractivity contribution in [2.24, 2.45) is 0 Å². The minimum absolute atomic E-state index is 0.0901. The SMILES string of the molecule is Cc1nn(-c2ccccc2)c(Cl)c1C(=O)N1CCN(c2ncnc3scc(-c4ccccc4)c23)CC1. The summed E-state index contributed by atoms with van der Waals surface area (Å²) < 4.78 is 1.62. The van der Waals surface area contributed by atoms with Gasteiger partial charge in [-0.25, -0.2) is 14.6 Å². The molecule has 0 unspecified atom stereocenters. The number of halogens is 1. The zero-order valence-electron chi connectivity index (χ0n) is 19.6. The number of nitrogens with zero attached hydrogens (tertiary/aromatic N) is 6. The lowest BCUT2D eigenvalue weighted by atomic mass is 10.1. The van der Waals surface area contributed by atoms with Crippen LogP contribution in [0.1, 0.15) is 16.1 Å². The molecule has 5 aromatic rings. The van der Waals surface area contributed by atoms with E-state index in [4.69, 9.17) is 11.6 Å². The zero-order chi connectivity index (χ0) is 24.6. The Morgan fingerprint density at radius 2 is 1.64 bits per heavy atom. The van der Waals surface area contributed by atoms with E-state index in [1.165, 1.54) is 0 Å². The molecule has 180 valence electrons. The first kappa shape index (κ1) is 22.7. The van der Waals surface area contributed by atoms with Crippen LogP contribution in [-0.2, 0) is 0 Å². The molecule has 7 nitrogen and oxygen atoms in total. The summed E-state index contributed by atoms with van der Waals surface area (Å²) in [5.41, 5.74) is 4.20. The number of benzene rings is 2. The van der Waals surface area contributed by atoms with Gasteiger partial charge < -0.3 is 9.80 Å². The van der Waals surface area contributed by atoms with Crippen molar-refractivity contribution in [3.8, 4) is 16.8 Å². The molecule has 3 aromatic heterocycles. The van der Waals surface area contributed by atoms with Crippen LogP contribution in [-0.4, -0.2) is 56.7 Å². The number of carbonyl (C=O) groups is 1. The third kappa shape index (κ3) is 3.92. The first-order valence-electron chi connectivity index (χ1n) is 11.7. The van der Waals surface area contributed by atoms with E-state index in [1.54, 1.807) is 22.3 Å². The van der Waals surface area contributed by atoms with Crippen LogP contribution in [0.3, 0.4) is 0 Å². The van der Waals surface area contributed by atoms with Crippen LogP contribution in [0.4, 0.5) is 5.82 Å². The summed E-state index contributed by atoms with van der Waals surface area (Å²) in [7, 11) is 0. The molecule has 0 atom stereocenters. The van der Waals surface area contributed by atoms with Crippen molar-refractivity contribution in [2.45, 2.75) is 6.92 Å². The summed E-state index contributed by atoms with van der Waals surface area (Å²) in [6, 6.07) is 19.9. The van der Waals surface area contributed by atoms with E-state index in [1.807, 2.05) is 60.4 Å². The van der Waals surface area contributed by atoms with Crippen LogP contribution in [0.5, 0.6) is 0 Å². The van der Waals surface area contributed by atoms with Crippen molar-refractivity contribution in [3.05, 3.63) is 88.8 Å². The number of aromatic nitrogens is 4. The highest BCUT2D eigenvalue weighted by Gasteiger charge is 2.29. The standard InChI is InChI=1S/C27H23ClN6OS/c1-18-22(24(28)34(31-18)20-10-6-3-7-11-20)27(35)33-14-12-32(13-15-33)25-23-21(19-8-4-2-5-9-19)16-36-26(23)30-17-29-25/h2-11,16-17H,12-15H2,1H3. The lowest BCUT2D eigenvalue weighted by Gasteiger charge is -2.35. The van der Waals surface area contributed by atoms with Gasteiger partial charge >= 0.3 is 0 Å². The zero-order valence-corrected chi connectivity index (χ0v) is 21.2. The van der Waals surface area contributed by atoms with E-state index < -0.39 is 0 Å². The average molecular weight is 515 g/mol. The lowest BCUT2D eigenvalue weighted by Crippen LogP contribution is -2.49. The molecule has 0 aliphatic carbocycles. The summed E-state index contributed by atoms with van der Waals surface area (Å²) in [4.78, 5) is 27.7. The molecule has 1 fully saturated rings. The summed E-state index contributed by atoms with van der Waals surface area (Å²) >= 11 is 8.29. The van der Waals surface area contributed by atoms with Gasteiger partial charge in [0.25, 0.3) is 5.91 Å². The second-order valence-corrected chi connectivity index (χ2v) is 9.89. The maximum absolute atomic E-state index is 13.5. The van der Waals surface area contributed by atoms with Crippen molar-refractivity contribution in [1.82, 2.24) is 24.6 Å². The third-order valence-corrected chi connectivity index (χ3v) is 7.76. The lowest BCUT2D eigenvalue weighted by molar-refractivity contribution is 0.0746. The largest absolute Gasteiger partial charge is 0.352 e. The molecule has 1 amide bonds. The third-order valence-electron chi connectivity index (χ3n) is 6.52. The number of thiophene rings is 1. The molecule has 1 aliphatic heterocycles. The molecule has 0 N–H and O–H groups in total. The highest BCUT2D eigenvalue weighted by Crippen LogP contribution is 2.38. The van der Waals surface area contributed by atoms with Gasteiger partial charge in [0.1, 0.15) is 22.1 Å². The fraction of sp³-hybridized carbons (Fsp3) is 0.185. The molecule has 2 aromatic carbocycles. The van der Waals surface area contributed by atoms with Crippen molar-refractivity contribution in [1.29, 1.82) is 0 Å². The molecular formula is C27H23ClN6OS. The molecule has 36 heavy (non-hydrogen) atoms. The molecule has 0 spiro atoms. The average Bonchev–Trinajstić information content (AvgIpc) is 3.50. The van der Waals surface area contributed by atoms with Gasteiger partial charge in [-0.2, -0.15) is 5.10 Å². The monoisotopic (exact) mass is 514 g/mol. The molecule has 0 saturated carbocycles.